The lowest BCUT2D eigenvalue weighted by Crippen LogP contribution is -2.56. The molecule has 2 saturated heterocycles. The van der Waals surface area contributed by atoms with Crippen molar-refractivity contribution in [2.24, 2.45) is 0 Å². The number of halogens is 3. The number of ether oxygens (including phenoxy) is 2. The van der Waals surface area contributed by atoms with Gasteiger partial charge in [0.25, 0.3) is 5.91 Å². The number of alkyl halides is 3. The molecule has 166 valence electrons. The van der Waals surface area contributed by atoms with E-state index in [1.54, 1.807) is 4.90 Å². The van der Waals surface area contributed by atoms with Crippen LogP contribution in [0.1, 0.15) is 22.6 Å². The van der Waals surface area contributed by atoms with Gasteiger partial charge in [-0.1, -0.05) is 0 Å². The van der Waals surface area contributed by atoms with E-state index in [9.17, 15) is 22.8 Å². The van der Waals surface area contributed by atoms with Gasteiger partial charge < -0.3 is 19.3 Å². The number of likely N-dealkylation sites (N-methyl/N-ethyl adjacent to an activating group) is 1. The van der Waals surface area contributed by atoms with Crippen molar-refractivity contribution in [1.29, 1.82) is 0 Å². The van der Waals surface area contributed by atoms with Crippen LogP contribution >= 0.6 is 0 Å². The van der Waals surface area contributed by atoms with E-state index in [0.29, 0.717) is 24.6 Å². The van der Waals surface area contributed by atoms with Crippen molar-refractivity contribution in [2.45, 2.75) is 24.2 Å². The van der Waals surface area contributed by atoms with E-state index >= 15 is 0 Å². The summed E-state index contributed by atoms with van der Waals surface area (Å²) >= 11 is 0. The number of fused-ring (bicyclic) bond motifs is 3. The Morgan fingerprint density at radius 1 is 1.06 bits per heavy atom. The van der Waals surface area contributed by atoms with Gasteiger partial charge in [0.05, 0.1) is 11.3 Å². The summed E-state index contributed by atoms with van der Waals surface area (Å²) in [7, 11) is 1.89. The first kappa shape index (κ1) is 19.4. The smallest absolute Gasteiger partial charge is 0.416 e. The molecule has 4 heterocycles. The fourth-order valence-corrected chi connectivity index (χ4v) is 5.45. The fraction of sp³-hybridized carbons (Fsp3) is 0.364. The van der Waals surface area contributed by atoms with E-state index in [4.69, 9.17) is 9.47 Å². The van der Waals surface area contributed by atoms with Gasteiger partial charge >= 0.3 is 12.2 Å². The number of rotatable bonds is 1. The van der Waals surface area contributed by atoms with Crippen LogP contribution in [0.3, 0.4) is 0 Å². The maximum atomic E-state index is 13.8. The highest BCUT2D eigenvalue weighted by Crippen LogP contribution is 2.53. The molecule has 0 bridgehead atoms. The molecule has 0 saturated carbocycles. The molecule has 2 aromatic rings. The van der Waals surface area contributed by atoms with Crippen LogP contribution in [0.5, 0.6) is 11.5 Å². The molecule has 2 atom stereocenters. The maximum absolute atomic E-state index is 13.8. The minimum atomic E-state index is -4.50. The van der Waals surface area contributed by atoms with Gasteiger partial charge in [0.2, 0.25) is 6.79 Å². The molecule has 0 unspecified atom stereocenters. The van der Waals surface area contributed by atoms with Crippen molar-refractivity contribution in [2.75, 3.05) is 31.8 Å². The standard InChI is InChI=1S/C22H18F3N3O4/c1-26-9-16-15-7-18-17(31-11-32-18)6-12(15)8-27-20(30)28(19(29)21(16,27)10-26)14-4-2-13(3-5-14)22(23,24)25/h2-7,16H,8-11H2,1H3/t16-,21-/m0/s1. The monoisotopic (exact) mass is 445 g/mol. The molecule has 32 heavy (non-hydrogen) atoms. The normalized spacial score (nSPS) is 26.4. The third-order valence-corrected chi connectivity index (χ3v) is 6.85. The zero-order valence-electron chi connectivity index (χ0n) is 17.0. The Morgan fingerprint density at radius 3 is 2.44 bits per heavy atom. The van der Waals surface area contributed by atoms with Crippen LogP contribution in [0.15, 0.2) is 36.4 Å². The van der Waals surface area contributed by atoms with Gasteiger partial charge in [0.1, 0.15) is 5.54 Å². The number of hydrogen-bond donors (Lipinski definition) is 0. The van der Waals surface area contributed by atoms with Gasteiger partial charge in [-0.25, -0.2) is 9.69 Å². The van der Waals surface area contributed by atoms with E-state index in [0.717, 1.165) is 28.2 Å². The van der Waals surface area contributed by atoms with Crippen LogP contribution in [0.25, 0.3) is 0 Å². The summed E-state index contributed by atoms with van der Waals surface area (Å²) in [5.41, 5.74) is -0.0133. The Balaban J connectivity index is 1.45. The molecular formula is C22H18F3N3O4. The summed E-state index contributed by atoms with van der Waals surface area (Å²) in [5.74, 6) is 0.500. The third kappa shape index (κ3) is 2.41. The van der Waals surface area contributed by atoms with Crippen LogP contribution in [-0.2, 0) is 17.5 Å². The molecule has 7 nitrogen and oxygen atoms in total. The van der Waals surface area contributed by atoms with Gasteiger partial charge in [0, 0.05) is 25.6 Å². The van der Waals surface area contributed by atoms with Crippen molar-refractivity contribution in [3.63, 3.8) is 0 Å². The number of likely N-dealkylation sites (tertiary alicyclic amines) is 1. The summed E-state index contributed by atoms with van der Waals surface area (Å²) in [4.78, 5) is 31.8. The van der Waals surface area contributed by atoms with Gasteiger partial charge in [-0.05, 0) is 54.6 Å². The van der Waals surface area contributed by atoms with Crippen LogP contribution in [-0.4, -0.2) is 54.2 Å². The van der Waals surface area contributed by atoms with Crippen LogP contribution < -0.4 is 14.4 Å². The maximum Gasteiger partial charge on any atom is 0.416 e. The van der Waals surface area contributed by atoms with Gasteiger partial charge in [-0.3, -0.25) is 4.79 Å². The SMILES string of the molecule is CN1C[C@H]2c3cc4c(cc3CN3C(=O)N(c5ccc(C(F)(F)F)cc5)C(=O)[C@]23C1)OCO4. The Labute approximate surface area is 180 Å². The van der Waals surface area contributed by atoms with Crippen molar-refractivity contribution in [3.8, 4) is 11.5 Å². The Kier molecular flexibility index (Phi) is 3.74. The van der Waals surface area contributed by atoms with Crippen molar-refractivity contribution >= 4 is 17.6 Å². The Bertz CT molecular complexity index is 1170. The number of benzene rings is 2. The average Bonchev–Trinajstić information content (AvgIpc) is 3.39. The highest BCUT2D eigenvalue weighted by molar-refractivity contribution is 6.24. The van der Waals surface area contributed by atoms with Crippen molar-refractivity contribution < 1.29 is 32.2 Å². The predicted octanol–water partition coefficient (Wildman–Crippen LogP) is 3.18. The highest BCUT2D eigenvalue weighted by Gasteiger charge is 2.66. The number of hydrogen-bond acceptors (Lipinski definition) is 5. The first-order valence-corrected chi connectivity index (χ1v) is 10.1. The summed E-state index contributed by atoms with van der Waals surface area (Å²) in [6.45, 7) is 1.23. The first-order chi connectivity index (χ1) is 15.2. The Morgan fingerprint density at radius 2 is 1.75 bits per heavy atom. The van der Waals surface area contributed by atoms with Gasteiger partial charge in [-0.15, -0.1) is 0 Å². The Hall–Kier alpha value is -3.27. The second-order valence-electron chi connectivity index (χ2n) is 8.63. The van der Waals surface area contributed by atoms with Gasteiger partial charge in [0.15, 0.2) is 11.5 Å². The molecule has 2 aromatic carbocycles. The molecule has 0 N–H and O–H groups in total. The zero-order valence-corrected chi connectivity index (χ0v) is 17.0. The minimum absolute atomic E-state index is 0.122. The number of carbonyl (C=O) groups is 2. The molecule has 1 spiro atoms. The summed E-state index contributed by atoms with van der Waals surface area (Å²) in [5, 5.41) is 0. The number of carbonyl (C=O) groups excluding carboxylic acids is 2. The van der Waals surface area contributed by atoms with E-state index in [1.807, 2.05) is 24.1 Å². The lowest BCUT2D eigenvalue weighted by molar-refractivity contribution is -0.137. The van der Waals surface area contributed by atoms with Crippen molar-refractivity contribution in [1.82, 2.24) is 9.80 Å². The molecule has 6 rings (SSSR count). The fourth-order valence-electron chi connectivity index (χ4n) is 5.45. The molecule has 0 aliphatic carbocycles. The average molecular weight is 445 g/mol. The van der Waals surface area contributed by atoms with Crippen molar-refractivity contribution in [3.05, 3.63) is 53.1 Å². The molecule has 4 aliphatic heterocycles. The lowest BCUT2D eigenvalue weighted by Gasteiger charge is -2.41. The van der Waals surface area contributed by atoms with Crippen LogP contribution in [0.4, 0.5) is 23.7 Å². The number of anilines is 1. The lowest BCUT2D eigenvalue weighted by atomic mass is 9.75. The zero-order chi connectivity index (χ0) is 22.4. The van der Waals surface area contributed by atoms with E-state index in [-0.39, 0.29) is 24.9 Å². The number of nitrogens with zero attached hydrogens (tertiary/aromatic N) is 3. The second-order valence-corrected chi connectivity index (χ2v) is 8.63. The topological polar surface area (TPSA) is 62.3 Å². The molecule has 2 fully saturated rings. The molecule has 3 amide bonds. The molecule has 4 aliphatic rings. The van der Waals surface area contributed by atoms with Gasteiger partial charge in [-0.2, -0.15) is 13.2 Å². The summed E-state index contributed by atoms with van der Waals surface area (Å²) in [6.07, 6.45) is -4.50. The molecule has 0 radical (unpaired) electrons. The molecule has 0 aromatic heterocycles. The summed E-state index contributed by atoms with van der Waals surface area (Å²) in [6, 6.07) is 7.32. The predicted molar refractivity (Wildman–Crippen MR) is 105 cm³/mol. The third-order valence-electron chi connectivity index (χ3n) is 6.85. The van der Waals surface area contributed by atoms with E-state index < -0.39 is 29.2 Å². The molecule has 10 heteroatoms. The van der Waals surface area contributed by atoms with E-state index in [1.165, 1.54) is 12.1 Å². The van der Waals surface area contributed by atoms with E-state index in [2.05, 4.69) is 0 Å². The van der Waals surface area contributed by atoms with Crippen LogP contribution in [0, 0.1) is 0 Å². The second kappa shape index (κ2) is 6.16. The molecular weight excluding hydrogens is 427 g/mol. The number of imide groups is 1. The number of urea groups is 1. The minimum Gasteiger partial charge on any atom is -0.454 e. The quantitative estimate of drug-likeness (QED) is 0.631. The largest absolute Gasteiger partial charge is 0.454 e. The van der Waals surface area contributed by atoms with Crippen LogP contribution in [0.2, 0.25) is 0 Å². The number of amides is 3. The first-order valence-electron chi connectivity index (χ1n) is 10.1. The highest BCUT2D eigenvalue weighted by atomic mass is 19.4. The summed E-state index contributed by atoms with van der Waals surface area (Å²) < 4.78 is 49.9.